The van der Waals surface area contributed by atoms with Gasteiger partial charge in [0.05, 0.1) is 13.2 Å². The minimum atomic E-state index is -0.165. The molecule has 0 heterocycles. The maximum atomic E-state index is 8.95. The predicted molar refractivity (Wildman–Crippen MR) is 99.0 cm³/mol. The van der Waals surface area contributed by atoms with Crippen LogP contribution in [0.4, 0.5) is 0 Å². The van der Waals surface area contributed by atoms with Crippen LogP contribution in [0.5, 0.6) is 0 Å². The fraction of sp³-hybridized carbons (Fsp3) is 1.00. The highest BCUT2D eigenvalue weighted by Gasteiger charge is 2.04. The highest BCUT2D eigenvalue weighted by Crippen LogP contribution is 2.12. The first-order valence-corrected chi connectivity index (χ1v) is 10.1. The molecule has 23 heavy (non-hydrogen) atoms. The van der Waals surface area contributed by atoms with Gasteiger partial charge in [-0.15, -0.1) is 0 Å². The second-order valence-corrected chi connectivity index (χ2v) is 6.71. The maximum absolute atomic E-state index is 8.95. The fourth-order valence-corrected chi connectivity index (χ4v) is 2.81. The van der Waals surface area contributed by atoms with E-state index in [9.17, 15) is 0 Å². The van der Waals surface area contributed by atoms with E-state index in [1.807, 2.05) is 0 Å². The summed E-state index contributed by atoms with van der Waals surface area (Å²) < 4.78 is 10.5. The van der Waals surface area contributed by atoms with Gasteiger partial charge in [0.25, 0.3) is 0 Å². The third-order valence-corrected chi connectivity index (χ3v) is 4.48. The third kappa shape index (κ3) is 18.1. The number of hydrogen-bond donors (Lipinski definition) is 1. The van der Waals surface area contributed by atoms with Gasteiger partial charge in [-0.1, -0.05) is 90.4 Å². The SMILES string of the molecule is CCCCCCCCCCCCCCCCOC[C@@H](CO)OC. The Hall–Kier alpha value is -0.120. The highest BCUT2D eigenvalue weighted by molar-refractivity contribution is 4.52. The number of methoxy groups -OCH3 is 1. The van der Waals surface area contributed by atoms with Gasteiger partial charge in [-0.2, -0.15) is 0 Å². The Labute approximate surface area is 145 Å². The molecule has 140 valence electrons. The molecule has 0 rings (SSSR count). The van der Waals surface area contributed by atoms with Gasteiger partial charge < -0.3 is 14.6 Å². The van der Waals surface area contributed by atoms with E-state index in [1.54, 1.807) is 7.11 Å². The Balaban J connectivity index is 3.02. The minimum Gasteiger partial charge on any atom is -0.394 e. The van der Waals surface area contributed by atoms with E-state index >= 15 is 0 Å². The first kappa shape index (κ1) is 22.9. The van der Waals surface area contributed by atoms with Crippen molar-refractivity contribution in [3.8, 4) is 0 Å². The van der Waals surface area contributed by atoms with E-state index in [4.69, 9.17) is 14.6 Å². The zero-order valence-corrected chi connectivity index (χ0v) is 15.9. The number of ether oxygens (including phenoxy) is 2. The molecule has 0 unspecified atom stereocenters. The molecule has 3 nitrogen and oxygen atoms in total. The van der Waals surface area contributed by atoms with Crippen molar-refractivity contribution in [1.82, 2.24) is 0 Å². The average molecular weight is 331 g/mol. The summed E-state index contributed by atoms with van der Waals surface area (Å²) in [7, 11) is 1.61. The van der Waals surface area contributed by atoms with Gasteiger partial charge in [0.1, 0.15) is 6.10 Å². The van der Waals surface area contributed by atoms with Crippen molar-refractivity contribution in [2.24, 2.45) is 0 Å². The summed E-state index contributed by atoms with van der Waals surface area (Å²) in [5.41, 5.74) is 0. The largest absolute Gasteiger partial charge is 0.394 e. The van der Waals surface area contributed by atoms with Gasteiger partial charge in [-0.05, 0) is 6.42 Å². The molecule has 0 fully saturated rings. The first-order chi connectivity index (χ1) is 11.3. The summed E-state index contributed by atoms with van der Waals surface area (Å²) in [6, 6.07) is 0. The lowest BCUT2D eigenvalue weighted by atomic mass is 10.0. The van der Waals surface area contributed by atoms with Crippen LogP contribution in [0.2, 0.25) is 0 Å². The van der Waals surface area contributed by atoms with Gasteiger partial charge in [-0.25, -0.2) is 0 Å². The first-order valence-electron chi connectivity index (χ1n) is 10.1. The van der Waals surface area contributed by atoms with Crippen molar-refractivity contribution in [3.63, 3.8) is 0 Å². The van der Waals surface area contributed by atoms with Crippen LogP contribution in [-0.2, 0) is 9.47 Å². The summed E-state index contributed by atoms with van der Waals surface area (Å²) in [5.74, 6) is 0. The van der Waals surface area contributed by atoms with E-state index < -0.39 is 0 Å². The van der Waals surface area contributed by atoms with Gasteiger partial charge in [0.2, 0.25) is 0 Å². The number of aliphatic hydroxyl groups is 1. The Morgan fingerprint density at radius 1 is 0.696 bits per heavy atom. The number of aliphatic hydroxyl groups excluding tert-OH is 1. The topological polar surface area (TPSA) is 38.7 Å². The summed E-state index contributed by atoms with van der Waals surface area (Å²) in [6.45, 7) is 3.61. The van der Waals surface area contributed by atoms with Crippen molar-refractivity contribution < 1.29 is 14.6 Å². The molecular weight excluding hydrogens is 288 g/mol. The molecule has 1 atom stereocenters. The normalized spacial score (nSPS) is 12.7. The molecular formula is C20H42O3. The summed E-state index contributed by atoms with van der Waals surface area (Å²) in [6.07, 6.45) is 19.1. The van der Waals surface area contributed by atoms with E-state index in [1.165, 1.54) is 83.5 Å². The van der Waals surface area contributed by atoms with Crippen molar-refractivity contribution in [3.05, 3.63) is 0 Å². The molecule has 1 N–H and O–H groups in total. The molecule has 0 aromatic carbocycles. The smallest absolute Gasteiger partial charge is 0.103 e. The molecule has 0 aliphatic rings. The molecule has 0 aromatic heterocycles. The van der Waals surface area contributed by atoms with Crippen molar-refractivity contribution in [2.45, 2.75) is 103 Å². The standard InChI is InChI=1S/C20H42O3/c1-3-4-5-6-7-8-9-10-11-12-13-14-15-16-17-23-19-20(18-21)22-2/h20-21H,3-19H2,1-2H3/t20-/m1/s1. The Morgan fingerprint density at radius 3 is 1.52 bits per heavy atom. The van der Waals surface area contributed by atoms with Gasteiger partial charge in [0, 0.05) is 13.7 Å². The lowest BCUT2D eigenvalue weighted by Gasteiger charge is -2.12. The fourth-order valence-electron chi connectivity index (χ4n) is 2.81. The predicted octanol–water partition coefficient (Wildman–Crippen LogP) is 5.49. The van der Waals surface area contributed by atoms with Crippen LogP contribution in [0.1, 0.15) is 96.8 Å². The molecule has 0 aliphatic carbocycles. The molecule has 0 aliphatic heterocycles. The van der Waals surface area contributed by atoms with Crippen LogP contribution < -0.4 is 0 Å². The van der Waals surface area contributed by atoms with Crippen LogP contribution in [0.3, 0.4) is 0 Å². The number of hydrogen-bond acceptors (Lipinski definition) is 3. The molecule has 0 aromatic rings. The Morgan fingerprint density at radius 2 is 1.13 bits per heavy atom. The lowest BCUT2D eigenvalue weighted by molar-refractivity contribution is -0.0205. The van der Waals surface area contributed by atoms with Crippen LogP contribution in [0.25, 0.3) is 0 Å². The van der Waals surface area contributed by atoms with Crippen LogP contribution in [-0.4, -0.2) is 38.1 Å². The van der Waals surface area contributed by atoms with E-state index in [0.29, 0.717) is 6.61 Å². The van der Waals surface area contributed by atoms with Crippen molar-refractivity contribution >= 4 is 0 Å². The van der Waals surface area contributed by atoms with E-state index in [2.05, 4.69) is 6.92 Å². The maximum Gasteiger partial charge on any atom is 0.103 e. The molecule has 3 heteroatoms. The molecule has 0 saturated carbocycles. The Kier molecular flexibility index (Phi) is 19.8. The molecule has 0 bridgehead atoms. The van der Waals surface area contributed by atoms with Crippen LogP contribution in [0.15, 0.2) is 0 Å². The Bertz CT molecular complexity index is 205. The zero-order valence-electron chi connectivity index (χ0n) is 15.9. The molecule has 0 spiro atoms. The molecule has 0 radical (unpaired) electrons. The quantitative estimate of drug-likeness (QED) is 0.318. The summed E-state index contributed by atoms with van der Waals surface area (Å²) in [5, 5.41) is 8.95. The average Bonchev–Trinajstić information content (AvgIpc) is 2.58. The third-order valence-electron chi connectivity index (χ3n) is 4.48. The van der Waals surface area contributed by atoms with Crippen molar-refractivity contribution in [1.29, 1.82) is 0 Å². The van der Waals surface area contributed by atoms with Gasteiger partial charge in [-0.3, -0.25) is 0 Å². The lowest BCUT2D eigenvalue weighted by Crippen LogP contribution is -2.22. The number of unbranched alkanes of at least 4 members (excludes halogenated alkanes) is 13. The van der Waals surface area contributed by atoms with Crippen LogP contribution >= 0.6 is 0 Å². The van der Waals surface area contributed by atoms with Gasteiger partial charge in [0.15, 0.2) is 0 Å². The van der Waals surface area contributed by atoms with Gasteiger partial charge >= 0.3 is 0 Å². The van der Waals surface area contributed by atoms with E-state index in [0.717, 1.165) is 13.0 Å². The highest BCUT2D eigenvalue weighted by atomic mass is 16.5. The molecule has 0 amide bonds. The second-order valence-electron chi connectivity index (χ2n) is 6.71. The number of rotatable bonds is 19. The second kappa shape index (κ2) is 19.9. The summed E-state index contributed by atoms with van der Waals surface area (Å²) in [4.78, 5) is 0. The molecule has 0 saturated heterocycles. The summed E-state index contributed by atoms with van der Waals surface area (Å²) >= 11 is 0. The minimum absolute atomic E-state index is 0.0369. The van der Waals surface area contributed by atoms with E-state index in [-0.39, 0.29) is 12.7 Å². The zero-order chi connectivity index (χ0) is 17.0. The van der Waals surface area contributed by atoms with Crippen LogP contribution in [0, 0.1) is 0 Å². The van der Waals surface area contributed by atoms with Crippen molar-refractivity contribution in [2.75, 3.05) is 26.9 Å². The monoisotopic (exact) mass is 330 g/mol.